The predicted octanol–water partition coefficient (Wildman–Crippen LogP) is 3.82. The molecule has 2 aromatic carbocycles. The summed E-state index contributed by atoms with van der Waals surface area (Å²) in [7, 11) is 1.54. The molecule has 0 fully saturated rings. The minimum Gasteiger partial charge on any atom is -0.496 e. The molecule has 0 aromatic heterocycles. The minimum atomic E-state index is -0.525. The van der Waals surface area contributed by atoms with Crippen LogP contribution in [0.3, 0.4) is 0 Å². The molecule has 0 unspecified atom stereocenters. The molecule has 0 radical (unpaired) electrons. The normalized spacial score (nSPS) is 13.0. The van der Waals surface area contributed by atoms with E-state index in [2.05, 4.69) is 15.9 Å². The first-order valence-electron chi connectivity index (χ1n) is 7.11. The number of carbonyl (C=O) groups excluding carboxylic acids is 1. The molecule has 24 heavy (non-hydrogen) atoms. The van der Waals surface area contributed by atoms with Crippen LogP contribution in [0.2, 0.25) is 0 Å². The molecule has 1 aliphatic rings. The van der Waals surface area contributed by atoms with Crippen molar-refractivity contribution in [2.24, 2.45) is 0 Å². The van der Waals surface area contributed by atoms with Crippen molar-refractivity contribution in [2.75, 3.05) is 13.9 Å². The maximum atomic E-state index is 13.7. The standard InChI is InChI=1S/C17H14BrFO5/c1-21-15-3-2-10(6-14(15)18)17(20)23-8-12-5-13(19)4-11-7-22-9-24-16(11)12/h2-6H,7-9H2,1H3. The molecular formula is C17H14BrFO5. The van der Waals surface area contributed by atoms with Gasteiger partial charge in [-0.25, -0.2) is 9.18 Å². The van der Waals surface area contributed by atoms with Crippen LogP contribution in [0, 0.1) is 5.82 Å². The Labute approximate surface area is 146 Å². The second-order valence-corrected chi connectivity index (χ2v) is 5.94. The van der Waals surface area contributed by atoms with Crippen LogP contribution in [0.25, 0.3) is 0 Å². The van der Waals surface area contributed by atoms with Crippen LogP contribution in [0.15, 0.2) is 34.8 Å². The summed E-state index contributed by atoms with van der Waals surface area (Å²) in [6, 6.07) is 7.50. The van der Waals surface area contributed by atoms with Crippen molar-refractivity contribution < 1.29 is 28.1 Å². The van der Waals surface area contributed by atoms with E-state index in [-0.39, 0.29) is 20.0 Å². The average molecular weight is 397 g/mol. The Bertz CT molecular complexity index is 778. The van der Waals surface area contributed by atoms with Gasteiger partial charge in [0.15, 0.2) is 6.79 Å². The number of hydrogen-bond acceptors (Lipinski definition) is 5. The number of rotatable bonds is 4. The van der Waals surface area contributed by atoms with Crippen molar-refractivity contribution in [3.05, 3.63) is 57.3 Å². The fourth-order valence-corrected chi connectivity index (χ4v) is 2.92. The Kier molecular flexibility index (Phi) is 5.01. The molecule has 0 saturated carbocycles. The highest BCUT2D eigenvalue weighted by molar-refractivity contribution is 9.10. The lowest BCUT2D eigenvalue weighted by molar-refractivity contribution is -0.0182. The first-order valence-corrected chi connectivity index (χ1v) is 7.90. The van der Waals surface area contributed by atoms with Crippen molar-refractivity contribution in [3.8, 4) is 11.5 Å². The second-order valence-electron chi connectivity index (χ2n) is 5.09. The monoisotopic (exact) mass is 396 g/mol. The molecule has 0 saturated heterocycles. The van der Waals surface area contributed by atoms with Crippen molar-refractivity contribution >= 4 is 21.9 Å². The van der Waals surface area contributed by atoms with Crippen LogP contribution < -0.4 is 9.47 Å². The van der Waals surface area contributed by atoms with Gasteiger partial charge in [-0.05, 0) is 46.3 Å². The number of ether oxygens (including phenoxy) is 4. The maximum Gasteiger partial charge on any atom is 0.338 e. The number of benzene rings is 2. The topological polar surface area (TPSA) is 54.0 Å². The van der Waals surface area contributed by atoms with Crippen molar-refractivity contribution in [1.82, 2.24) is 0 Å². The summed E-state index contributed by atoms with van der Waals surface area (Å²) in [6.07, 6.45) is 0. The fraction of sp³-hybridized carbons (Fsp3) is 0.235. The van der Waals surface area contributed by atoms with Gasteiger partial charge >= 0.3 is 5.97 Å². The lowest BCUT2D eigenvalue weighted by Gasteiger charge is -2.20. The minimum absolute atomic E-state index is 0.0883. The van der Waals surface area contributed by atoms with E-state index in [0.717, 1.165) is 0 Å². The zero-order chi connectivity index (χ0) is 17.1. The third kappa shape index (κ3) is 3.52. The highest BCUT2D eigenvalue weighted by Crippen LogP contribution is 2.30. The predicted molar refractivity (Wildman–Crippen MR) is 86.5 cm³/mol. The van der Waals surface area contributed by atoms with E-state index in [0.29, 0.717) is 32.7 Å². The molecule has 5 nitrogen and oxygen atoms in total. The van der Waals surface area contributed by atoms with Gasteiger partial charge in [-0.15, -0.1) is 0 Å². The van der Waals surface area contributed by atoms with Gasteiger partial charge in [0.05, 0.1) is 23.8 Å². The molecule has 0 atom stereocenters. The Morgan fingerprint density at radius 3 is 2.92 bits per heavy atom. The van der Waals surface area contributed by atoms with E-state index < -0.39 is 11.8 Å². The van der Waals surface area contributed by atoms with E-state index in [9.17, 15) is 9.18 Å². The van der Waals surface area contributed by atoms with Gasteiger partial charge in [0.25, 0.3) is 0 Å². The SMILES string of the molecule is COc1ccc(C(=O)OCc2cc(F)cc3c2OCOC3)cc1Br. The van der Waals surface area contributed by atoms with Gasteiger partial charge in [0.1, 0.15) is 23.9 Å². The molecule has 1 aliphatic heterocycles. The second kappa shape index (κ2) is 7.19. The molecule has 1 heterocycles. The van der Waals surface area contributed by atoms with E-state index >= 15 is 0 Å². The van der Waals surface area contributed by atoms with Crippen LogP contribution in [-0.2, 0) is 22.7 Å². The van der Waals surface area contributed by atoms with Crippen LogP contribution in [-0.4, -0.2) is 19.9 Å². The molecule has 0 aliphatic carbocycles. The smallest absolute Gasteiger partial charge is 0.338 e. The van der Waals surface area contributed by atoms with Gasteiger partial charge < -0.3 is 18.9 Å². The Hall–Kier alpha value is -2.12. The van der Waals surface area contributed by atoms with Crippen LogP contribution in [0.4, 0.5) is 4.39 Å². The van der Waals surface area contributed by atoms with Crippen LogP contribution in [0.1, 0.15) is 21.5 Å². The summed E-state index contributed by atoms with van der Waals surface area (Å²) >= 11 is 3.31. The third-order valence-corrected chi connectivity index (χ3v) is 4.12. The molecule has 3 rings (SSSR count). The fourth-order valence-electron chi connectivity index (χ4n) is 2.38. The highest BCUT2D eigenvalue weighted by Gasteiger charge is 2.18. The lowest BCUT2D eigenvalue weighted by atomic mass is 10.1. The van der Waals surface area contributed by atoms with E-state index in [1.165, 1.54) is 19.2 Å². The van der Waals surface area contributed by atoms with Crippen LogP contribution >= 0.6 is 15.9 Å². The molecular weight excluding hydrogens is 383 g/mol. The number of methoxy groups -OCH3 is 1. The van der Waals surface area contributed by atoms with Crippen LogP contribution in [0.5, 0.6) is 11.5 Å². The average Bonchev–Trinajstić information content (AvgIpc) is 2.59. The molecule has 0 bridgehead atoms. The summed E-state index contributed by atoms with van der Waals surface area (Å²) < 4.78 is 35.2. The molecule has 126 valence electrons. The zero-order valence-electron chi connectivity index (χ0n) is 12.8. The van der Waals surface area contributed by atoms with Crippen molar-refractivity contribution in [1.29, 1.82) is 0 Å². The molecule has 2 aromatic rings. The summed E-state index contributed by atoms with van der Waals surface area (Å²) in [5, 5.41) is 0. The number of halogens is 2. The number of esters is 1. The molecule has 0 spiro atoms. The number of hydrogen-bond donors (Lipinski definition) is 0. The molecule has 0 N–H and O–H groups in total. The Balaban J connectivity index is 1.75. The van der Waals surface area contributed by atoms with Gasteiger partial charge in [0.2, 0.25) is 0 Å². The van der Waals surface area contributed by atoms with Gasteiger partial charge in [-0.1, -0.05) is 0 Å². The largest absolute Gasteiger partial charge is 0.496 e. The number of carbonyl (C=O) groups is 1. The van der Waals surface area contributed by atoms with Crippen molar-refractivity contribution in [2.45, 2.75) is 13.2 Å². The van der Waals surface area contributed by atoms with Crippen molar-refractivity contribution in [3.63, 3.8) is 0 Å². The summed E-state index contributed by atoms with van der Waals surface area (Å²) in [6.45, 7) is 0.257. The zero-order valence-corrected chi connectivity index (χ0v) is 14.4. The third-order valence-electron chi connectivity index (χ3n) is 3.50. The van der Waals surface area contributed by atoms with E-state index in [4.69, 9.17) is 18.9 Å². The molecule has 0 amide bonds. The first-order chi connectivity index (χ1) is 11.6. The van der Waals surface area contributed by atoms with Gasteiger partial charge in [-0.2, -0.15) is 0 Å². The van der Waals surface area contributed by atoms with Gasteiger partial charge in [-0.3, -0.25) is 0 Å². The quantitative estimate of drug-likeness (QED) is 0.735. The summed E-state index contributed by atoms with van der Waals surface area (Å²) in [4.78, 5) is 12.2. The molecule has 7 heteroatoms. The Morgan fingerprint density at radius 2 is 2.17 bits per heavy atom. The summed E-state index contributed by atoms with van der Waals surface area (Å²) in [5.74, 6) is 0.162. The van der Waals surface area contributed by atoms with Gasteiger partial charge in [0, 0.05) is 11.1 Å². The first kappa shape index (κ1) is 16.7. The summed E-state index contributed by atoms with van der Waals surface area (Å²) in [5.41, 5.74) is 1.42. The Morgan fingerprint density at radius 1 is 1.33 bits per heavy atom. The maximum absolute atomic E-state index is 13.7. The highest BCUT2D eigenvalue weighted by atomic mass is 79.9. The van der Waals surface area contributed by atoms with E-state index in [1.807, 2.05) is 0 Å². The van der Waals surface area contributed by atoms with E-state index in [1.54, 1.807) is 18.2 Å². The number of fused-ring (bicyclic) bond motifs is 1. The lowest BCUT2D eigenvalue weighted by Crippen LogP contribution is -2.15.